The van der Waals surface area contributed by atoms with Crippen molar-refractivity contribution in [1.29, 1.82) is 0 Å². The number of rotatable bonds is 4. The topological polar surface area (TPSA) is 41.6 Å². The van der Waals surface area contributed by atoms with Gasteiger partial charge in [0.25, 0.3) is 0 Å². The van der Waals surface area contributed by atoms with Crippen LogP contribution in [0.4, 0.5) is 5.69 Å². The lowest BCUT2D eigenvalue weighted by atomic mass is 10.3. The smallest absolute Gasteiger partial charge is 0.238 e. The van der Waals surface area contributed by atoms with Gasteiger partial charge in [0.05, 0.1) is 19.3 Å². The fourth-order valence-electron chi connectivity index (χ4n) is 2.10. The first kappa shape index (κ1) is 13.4. The number of likely N-dealkylation sites (tertiary alicyclic amines) is 1. The molecule has 0 unspecified atom stereocenters. The Morgan fingerprint density at radius 3 is 2.83 bits per heavy atom. The van der Waals surface area contributed by atoms with E-state index in [1.54, 1.807) is 7.11 Å². The lowest BCUT2D eigenvalue weighted by Gasteiger charge is -2.15. The Morgan fingerprint density at radius 1 is 1.44 bits per heavy atom. The predicted molar refractivity (Wildman–Crippen MR) is 75.0 cm³/mol. The van der Waals surface area contributed by atoms with Crippen LogP contribution in [0.25, 0.3) is 0 Å². The van der Waals surface area contributed by atoms with E-state index >= 15 is 0 Å². The summed E-state index contributed by atoms with van der Waals surface area (Å²) in [5, 5.41) is 2.89. The van der Waals surface area contributed by atoms with Gasteiger partial charge in [-0.3, -0.25) is 9.69 Å². The summed E-state index contributed by atoms with van der Waals surface area (Å²) in [6.07, 6.45) is 2.38. The average Bonchev–Trinajstić information content (AvgIpc) is 2.84. The van der Waals surface area contributed by atoms with Gasteiger partial charge in [0.1, 0.15) is 5.75 Å². The molecule has 98 valence electrons. The first-order valence-electron chi connectivity index (χ1n) is 6.05. The molecule has 0 atom stereocenters. The molecular formula is C13H17BrN2O2. The molecule has 5 heteroatoms. The minimum Gasteiger partial charge on any atom is -0.495 e. The Labute approximate surface area is 115 Å². The first-order chi connectivity index (χ1) is 8.69. The van der Waals surface area contributed by atoms with Crippen molar-refractivity contribution in [2.75, 3.05) is 32.1 Å². The second-order valence-electron chi connectivity index (χ2n) is 4.38. The molecule has 0 bridgehead atoms. The number of hydrogen-bond donors (Lipinski definition) is 1. The predicted octanol–water partition coefficient (Wildman–Crippen LogP) is 2.49. The number of halogens is 1. The van der Waals surface area contributed by atoms with E-state index in [1.165, 1.54) is 12.8 Å². The molecule has 2 rings (SSSR count). The largest absolute Gasteiger partial charge is 0.495 e. The molecule has 0 aliphatic carbocycles. The maximum absolute atomic E-state index is 11.9. The third-order valence-corrected chi connectivity index (χ3v) is 3.50. The number of nitrogens with zero attached hydrogens (tertiary/aromatic N) is 1. The highest BCUT2D eigenvalue weighted by Crippen LogP contribution is 2.27. The molecule has 1 aromatic carbocycles. The van der Waals surface area contributed by atoms with Crippen LogP contribution >= 0.6 is 15.9 Å². The van der Waals surface area contributed by atoms with Gasteiger partial charge in [-0.25, -0.2) is 0 Å². The quantitative estimate of drug-likeness (QED) is 0.928. The summed E-state index contributed by atoms with van der Waals surface area (Å²) < 4.78 is 6.17. The molecule has 0 radical (unpaired) electrons. The van der Waals surface area contributed by atoms with Gasteiger partial charge < -0.3 is 10.1 Å². The van der Waals surface area contributed by atoms with Gasteiger partial charge in [0.2, 0.25) is 5.91 Å². The summed E-state index contributed by atoms with van der Waals surface area (Å²) >= 11 is 3.37. The number of carbonyl (C=O) groups is 1. The van der Waals surface area contributed by atoms with Gasteiger partial charge in [-0.2, -0.15) is 0 Å². The highest BCUT2D eigenvalue weighted by Gasteiger charge is 2.16. The van der Waals surface area contributed by atoms with Gasteiger partial charge in [-0.1, -0.05) is 15.9 Å². The summed E-state index contributed by atoms with van der Waals surface area (Å²) in [6, 6.07) is 5.56. The lowest BCUT2D eigenvalue weighted by molar-refractivity contribution is -0.117. The molecule has 0 saturated carbocycles. The highest BCUT2D eigenvalue weighted by atomic mass is 79.9. The van der Waals surface area contributed by atoms with Gasteiger partial charge >= 0.3 is 0 Å². The van der Waals surface area contributed by atoms with Crippen molar-refractivity contribution in [3.05, 3.63) is 22.7 Å². The molecule has 0 spiro atoms. The van der Waals surface area contributed by atoms with Crippen LogP contribution in [0, 0.1) is 0 Å². The Morgan fingerprint density at radius 2 is 2.17 bits per heavy atom. The number of benzene rings is 1. The number of methoxy groups -OCH3 is 1. The van der Waals surface area contributed by atoms with Crippen molar-refractivity contribution >= 4 is 27.5 Å². The van der Waals surface area contributed by atoms with Crippen LogP contribution in [0.1, 0.15) is 12.8 Å². The average molecular weight is 313 g/mol. The van der Waals surface area contributed by atoms with Crippen LogP contribution in [0.15, 0.2) is 22.7 Å². The zero-order chi connectivity index (χ0) is 13.0. The molecule has 18 heavy (non-hydrogen) atoms. The summed E-state index contributed by atoms with van der Waals surface area (Å²) in [6.45, 7) is 2.50. The Balaban J connectivity index is 1.97. The minimum atomic E-state index is 0.0116. The first-order valence-corrected chi connectivity index (χ1v) is 6.84. The van der Waals surface area contributed by atoms with Crippen LogP contribution in [0.2, 0.25) is 0 Å². The molecule has 1 N–H and O–H groups in total. The normalized spacial score (nSPS) is 15.7. The standard InChI is InChI=1S/C13H17BrN2O2/c1-18-12-8-10(14)4-5-11(12)15-13(17)9-16-6-2-3-7-16/h4-5,8H,2-3,6-7,9H2,1H3,(H,15,17). The van der Waals surface area contributed by atoms with Crippen molar-refractivity contribution in [2.45, 2.75) is 12.8 Å². The van der Waals surface area contributed by atoms with Crippen LogP contribution < -0.4 is 10.1 Å². The minimum absolute atomic E-state index is 0.0116. The number of ether oxygens (including phenoxy) is 1. The summed E-state index contributed by atoms with van der Waals surface area (Å²) in [4.78, 5) is 14.1. The van der Waals surface area contributed by atoms with E-state index in [0.717, 1.165) is 17.6 Å². The Bertz CT molecular complexity index is 431. The van der Waals surface area contributed by atoms with Gasteiger partial charge in [0.15, 0.2) is 0 Å². The van der Waals surface area contributed by atoms with E-state index in [2.05, 4.69) is 26.1 Å². The van der Waals surface area contributed by atoms with Crippen LogP contribution in [0.5, 0.6) is 5.75 Å². The fourth-order valence-corrected chi connectivity index (χ4v) is 2.44. The molecule has 1 aliphatic rings. The summed E-state index contributed by atoms with van der Waals surface area (Å²) in [5.74, 6) is 0.677. The zero-order valence-corrected chi connectivity index (χ0v) is 12.0. The van der Waals surface area contributed by atoms with Crippen LogP contribution in [-0.2, 0) is 4.79 Å². The Hall–Kier alpha value is -1.07. The molecule has 1 amide bonds. The maximum atomic E-state index is 11.9. The fraction of sp³-hybridized carbons (Fsp3) is 0.462. The van der Waals surface area contributed by atoms with E-state index in [1.807, 2.05) is 18.2 Å². The van der Waals surface area contributed by atoms with E-state index < -0.39 is 0 Å². The van der Waals surface area contributed by atoms with E-state index in [-0.39, 0.29) is 5.91 Å². The van der Waals surface area contributed by atoms with Crippen molar-refractivity contribution in [2.24, 2.45) is 0 Å². The molecule has 4 nitrogen and oxygen atoms in total. The van der Waals surface area contributed by atoms with Crippen molar-refractivity contribution < 1.29 is 9.53 Å². The van der Waals surface area contributed by atoms with Crippen LogP contribution in [0.3, 0.4) is 0 Å². The highest BCUT2D eigenvalue weighted by molar-refractivity contribution is 9.10. The second-order valence-corrected chi connectivity index (χ2v) is 5.29. The van der Waals surface area contributed by atoms with Gasteiger partial charge in [-0.05, 0) is 44.1 Å². The second kappa shape index (κ2) is 6.20. The Kier molecular flexibility index (Phi) is 4.60. The van der Waals surface area contributed by atoms with E-state index in [0.29, 0.717) is 18.0 Å². The molecule has 1 aromatic rings. The molecule has 1 aliphatic heterocycles. The van der Waals surface area contributed by atoms with Crippen LogP contribution in [-0.4, -0.2) is 37.6 Å². The molecule has 1 heterocycles. The third-order valence-electron chi connectivity index (χ3n) is 3.00. The third kappa shape index (κ3) is 3.46. The lowest BCUT2D eigenvalue weighted by Crippen LogP contribution is -2.30. The molecule has 1 fully saturated rings. The number of nitrogens with one attached hydrogen (secondary N) is 1. The maximum Gasteiger partial charge on any atom is 0.238 e. The van der Waals surface area contributed by atoms with Crippen molar-refractivity contribution in [1.82, 2.24) is 4.90 Å². The number of hydrogen-bond acceptors (Lipinski definition) is 3. The van der Waals surface area contributed by atoms with Gasteiger partial charge in [-0.15, -0.1) is 0 Å². The van der Waals surface area contributed by atoms with Crippen molar-refractivity contribution in [3.63, 3.8) is 0 Å². The molecule has 0 aromatic heterocycles. The summed E-state index contributed by atoms with van der Waals surface area (Å²) in [5.41, 5.74) is 0.713. The monoisotopic (exact) mass is 312 g/mol. The van der Waals surface area contributed by atoms with E-state index in [4.69, 9.17) is 4.74 Å². The zero-order valence-electron chi connectivity index (χ0n) is 10.4. The summed E-state index contributed by atoms with van der Waals surface area (Å²) in [7, 11) is 1.60. The molecule has 1 saturated heterocycles. The van der Waals surface area contributed by atoms with E-state index in [9.17, 15) is 4.79 Å². The number of anilines is 1. The number of carbonyl (C=O) groups excluding carboxylic acids is 1. The SMILES string of the molecule is COc1cc(Br)ccc1NC(=O)CN1CCCC1. The van der Waals surface area contributed by atoms with Crippen molar-refractivity contribution in [3.8, 4) is 5.75 Å². The number of amides is 1. The molecular weight excluding hydrogens is 296 g/mol. The van der Waals surface area contributed by atoms with Gasteiger partial charge in [0, 0.05) is 4.47 Å².